The first-order chi connectivity index (χ1) is 8.25. The molecule has 0 aliphatic carbocycles. The molecule has 0 bridgehead atoms. The molecule has 0 aromatic heterocycles. The maximum Gasteiger partial charge on any atom is 0.324 e. The molecular formula is C10H7BrF5NO. The van der Waals surface area contributed by atoms with Gasteiger partial charge in [0.2, 0.25) is 0 Å². The van der Waals surface area contributed by atoms with Gasteiger partial charge in [-0.25, -0.2) is 13.2 Å². The average Bonchev–Trinajstić information content (AvgIpc) is 2.26. The van der Waals surface area contributed by atoms with Gasteiger partial charge in [0.05, 0.1) is 12.1 Å². The summed E-state index contributed by atoms with van der Waals surface area (Å²) in [6.07, 6.45) is -3.90. The molecule has 0 saturated carbocycles. The number of nitrogens with one attached hydrogen (secondary N) is 1. The summed E-state index contributed by atoms with van der Waals surface area (Å²) in [5, 5.41) is 1.56. The molecule has 0 aliphatic rings. The van der Waals surface area contributed by atoms with Crippen molar-refractivity contribution >= 4 is 21.8 Å². The maximum absolute atomic E-state index is 13.3. The van der Waals surface area contributed by atoms with Crippen LogP contribution in [0.1, 0.15) is 10.4 Å². The second-order valence-corrected chi connectivity index (χ2v) is 4.20. The molecule has 0 aliphatic heterocycles. The van der Waals surface area contributed by atoms with Crippen molar-refractivity contribution in [3.63, 3.8) is 0 Å². The molecule has 1 amide bonds. The highest BCUT2D eigenvalue weighted by atomic mass is 79.9. The Balaban J connectivity index is 2.79. The van der Waals surface area contributed by atoms with Gasteiger partial charge in [-0.3, -0.25) is 4.79 Å². The minimum absolute atomic E-state index is 0.0420. The Morgan fingerprint density at radius 3 is 2.50 bits per heavy atom. The minimum atomic E-state index is -4.35. The molecule has 0 unspecified atom stereocenters. The summed E-state index contributed by atoms with van der Waals surface area (Å²) in [5.74, 6) is -6.49. The van der Waals surface area contributed by atoms with Crippen molar-refractivity contribution in [3.8, 4) is 0 Å². The lowest BCUT2D eigenvalue weighted by Gasteiger charge is -2.16. The van der Waals surface area contributed by atoms with Gasteiger partial charge in [-0.2, -0.15) is 8.78 Å². The summed E-state index contributed by atoms with van der Waals surface area (Å²) in [6.45, 7) is -1.57. The van der Waals surface area contributed by atoms with Crippen LogP contribution in [-0.2, 0) is 0 Å². The third kappa shape index (κ3) is 3.41. The van der Waals surface area contributed by atoms with E-state index in [1.54, 1.807) is 5.32 Å². The summed E-state index contributed by atoms with van der Waals surface area (Å²) >= 11 is 2.86. The molecule has 0 fully saturated rings. The molecule has 2 nitrogen and oxygen atoms in total. The lowest BCUT2D eigenvalue weighted by molar-refractivity contribution is -0.123. The first-order valence-electron chi connectivity index (χ1n) is 4.64. The second-order valence-electron chi connectivity index (χ2n) is 3.34. The summed E-state index contributed by atoms with van der Waals surface area (Å²) in [7, 11) is 0. The van der Waals surface area contributed by atoms with Crippen LogP contribution in [0.2, 0.25) is 0 Å². The first-order valence-corrected chi connectivity index (χ1v) is 5.43. The lowest BCUT2D eigenvalue weighted by atomic mass is 10.2. The van der Waals surface area contributed by atoms with Gasteiger partial charge < -0.3 is 5.32 Å². The molecule has 1 aromatic carbocycles. The summed E-state index contributed by atoms with van der Waals surface area (Å²) in [5.41, 5.74) is -0.512. The van der Waals surface area contributed by atoms with Crippen LogP contribution in [0.4, 0.5) is 22.0 Å². The Morgan fingerprint density at radius 2 is 2.00 bits per heavy atom. The predicted molar refractivity (Wildman–Crippen MR) is 57.4 cm³/mol. The second kappa shape index (κ2) is 5.64. The van der Waals surface area contributed by atoms with E-state index in [0.29, 0.717) is 0 Å². The molecule has 8 heteroatoms. The highest BCUT2D eigenvalue weighted by Crippen LogP contribution is 2.23. The number of rotatable bonds is 4. The molecule has 100 valence electrons. The topological polar surface area (TPSA) is 29.1 Å². The SMILES string of the molecule is O=C(NCC(F)(F)C(F)F)c1c(F)cccc1Br. The average molecular weight is 332 g/mol. The number of benzene rings is 1. The van der Waals surface area contributed by atoms with Crippen LogP contribution >= 0.6 is 15.9 Å². The van der Waals surface area contributed by atoms with Gasteiger partial charge in [-0.15, -0.1) is 0 Å². The minimum Gasteiger partial charge on any atom is -0.346 e. The maximum atomic E-state index is 13.3. The van der Waals surface area contributed by atoms with Crippen LogP contribution in [0, 0.1) is 5.82 Å². The van der Waals surface area contributed by atoms with Gasteiger partial charge in [0.15, 0.2) is 0 Å². The van der Waals surface area contributed by atoms with Crippen molar-refractivity contribution in [2.24, 2.45) is 0 Å². The Bertz CT molecular complexity index is 432. The fourth-order valence-corrected chi connectivity index (χ4v) is 1.60. The van der Waals surface area contributed by atoms with Crippen molar-refractivity contribution in [1.29, 1.82) is 0 Å². The van der Waals surface area contributed by atoms with Crippen LogP contribution in [-0.4, -0.2) is 24.8 Å². The molecule has 0 spiro atoms. The van der Waals surface area contributed by atoms with Crippen LogP contribution < -0.4 is 5.32 Å². The highest BCUT2D eigenvalue weighted by molar-refractivity contribution is 9.10. The molecule has 18 heavy (non-hydrogen) atoms. The van der Waals surface area contributed by atoms with E-state index in [-0.39, 0.29) is 4.47 Å². The van der Waals surface area contributed by atoms with Gasteiger partial charge >= 0.3 is 12.3 Å². The number of halogens is 6. The van der Waals surface area contributed by atoms with Gasteiger partial charge in [-0.05, 0) is 28.1 Å². The number of amides is 1. The van der Waals surface area contributed by atoms with Gasteiger partial charge in [-0.1, -0.05) is 6.07 Å². The van der Waals surface area contributed by atoms with Crippen molar-refractivity contribution in [3.05, 3.63) is 34.1 Å². The number of carbonyl (C=O) groups is 1. The van der Waals surface area contributed by atoms with E-state index < -0.39 is 36.2 Å². The first kappa shape index (κ1) is 14.9. The Labute approximate surface area is 107 Å². The van der Waals surface area contributed by atoms with E-state index in [2.05, 4.69) is 15.9 Å². The zero-order valence-corrected chi connectivity index (χ0v) is 10.3. The Kier molecular flexibility index (Phi) is 4.66. The largest absolute Gasteiger partial charge is 0.346 e. The van der Waals surface area contributed by atoms with Crippen molar-refractivity contribution in [1.82, 2.24) is 5.32 Å². The third-order valence-electron chi connectivity index (χ3n) is 1.99. The summed E-state index contributed by atoms with van der Waals surface area (Å²) < 4.78 is 62.1. The van der Waals surface area contributed by atoms with Crippen molar-refractivity contribution in [2.75, 3.05) is 6.54 Å². The van der Waals surface area contributed by atoms with Crippen LogP contribution in [0.5, 0.6) is 0 Å². The van der Waals surface area contributed by atoms with Crippen LogP contribution in [0.25, 0.3) is 0 Å². The smallest absolute Gasteiger partial charge is 0.324 e. The van der Waals surface area contributed by atoms with E-state index >= 15 is 0 Å². The molecule has 0 heterocycles. The van der Waals surface area contributed by atoms with Gasteiger partial charge in [0.1, 0.15) is 5.82 Å². The summed E-state index contributed by atoms with van der Waals surface area (Å²) in [4.78, 5) is 11.4. The molecule has 1 rings (SSSR count). The third-order valence-corrected chi connectivity index (χ3v) is 2.65. The standard InChI is InChI=1S/C10H7BrF5NO/c11-5-2-1-3-6(12)7(5)8(18)17-4-10(15,16)9(13)14/h1-3,9H,4H2,(H,17,18). The zero-order valence-electron chi connectivity index (χ0n) is 8.69. The highest BCUT2D eigenvalue weighted by Gasteiger charge is 2.41. The van der Waals surface area contributed by atoms with Crippen molar-refractivity contribution < 1.29 is 26.7 Å². The van der Waals surface area contributed by atoms with E-state index in [0.717, 1.165) is 6.07 Å². The fraction of sp³-hybridized carbons (Fsp3) is 0.300. The van der Waals surface area contributed by atoms with E-state index in [1.807, 2.05) is 0 Å². The molecule has 1 N–H and O–H groups in total. The number of carbonyl (C=O) groups excluding carboxylic acids is 1. The zero-order chi connectivity index (χ0) is 13.9. The van der Waals surface area contributed by atoms with Gasteiger partial charge in [0, 0.05) is 4.47 Å². The molecule has 1 aromatic rings. The van der Waals surface area contributed by atoms with E-state index in [4.69, 9.17) is 0 Å². The van der Waals surface area contributed by atoms with E-state index in [1.165, 1.54) is 12.1 Å². The number of hydrogen-bond donors (Lipinski definition) is 1. The van der Waals surface area contributed by atoms with Gasteiger partial charge in [0.25, 0.3) is 5.91 Å². The fourth-order valence-electron chi connectivity index (χ4n) is 1.08. The van der Waals surface area contributed by atoms with E-state index in [9.17, 15) is 26.7 Å². The Morgan fingerprint density at radius 1 is 1.39 bits per heavy atom. The molecule has 0 saturated heterocycles. The number of alkyl halides is 4. The number of hydrogen-bond acceptors (Lipinski definition) is 1. The van der Waals surface area contributed by atoms with Crippen LogP contribution in [0.3, 0.4) is 0 Å². The molecule has 0 atom stereocenters. The lowest BCUT2D eigenvalue weighted by Crippen LogP contribution is -2.41. The normalized spacial score (nSPS) is 11.7. The molecular weight excluding hydrogens is 325 g/mol. The summed E-state index contributed by atoms with van der Waals surface area (Å²) in [6, 6.07) is 3.57. The van der Waals surface area contributed by atoms with Crippen LogP contribution in [0.15, 0.2) is 22.7 Å². The van der Waals surface area contributed by atoms with Crippen molar-refractivity contribution in [2.45, 2.75) is 12.3 Å². The monoisotopic (exact) mass is 331 g/mol. The predicted octanol–water partition coefficient (Wildman–Crippen LogP) is 3.22. The molecule has 0 radical (unpaired) electrons. The quantitative estimate of drug-likeness (QED) is 0.843. The Hall–Kier alpha value is -1.18.